The molecule has 0 spiro atoms. The molecule has 0 atom stereocenters. The molecule has 3 rings (SSSR count). The number of hydrogen-bond acceptors (Lipinski definition) is 5. The van der Waals surface area contributed by atoms with Crippen molar-refractivity contribution in [3.63, 3.8) is 0 Å². The summed E-state index contributed by atoms with van der Waals surface area (Å²) < 4.78 is 13.4. The summed E-state index contributed by atoms with van der Waals surface area (Å²) in [5.74, 6) is 2.21. The first-order chi connectivity index (χ1) is 12.7. The van der Waals surface area contributed by atoms with Crippen molar-refractivity contribution in [3.8, 4) is 22.9 Å². The van der Waals surface area contributed by atoms with Crippen LogP contribution in [0.2, 0.25) is 0 Å². The molecule has 3 aromatic rings. The van der Waals surface area contributed by atoms with E-state index in [1.807, 2.05) is 48.5 Å². The predicted octanol–water partition coefficient (Wildman–Crippen LogP) is 4.15. The number of methoxy groups -OCH3 is 1. The Bertz CT molecular complexity index is 905. The summed E-state index contributed by atoms with van der Waals surface area (Å²) in [4.78, 5) is 0. The van der Waals surface area contributed by atoms with Gasteiger partial charge in [0, 0.05) is 5.56 Å². The van der Waals surface area contributed by atoms with E-state index >= 15 is 0 Å². The topological polar surface area (TPSA) is 64.1 Å². The largest absolute Gasteiger partial charge is 0.493 e. The van der Waals surface area contributed by atoms with Gasteiger partial charge in [-0.15, -0.1) is 0 Å². The summed E-state index contributed by atoms with van der Waals surface area (Å²) in [5.41, 5.74) is 5.34. The Balaban J connectivity index is 1.78. The minimum absolute atomic E-state index is 0.513. The van der Waals surface area contributed by atoms with E-state index in [1.54, 1.807) is 11.8 Å². The lowest BCUT2D eigenvalue weighted by atomic mass is 10.2. The third-order valence-corrected chi connectivity index (χ3v) is 4.11. The van der Waals surface area contributed by atoms with Gasteiger partial charge in [0.25, 0.3) is 0 Å². The second-order valence-corrected chi connectivity index (χ2v) is 6.11. The molecule has 6 nitrogen and oxygen atoms in total. The molecule has 1 aromatic heterocycles. The van der Waals surface area contributed by atoms with Crippen LogP contribution in [0.15, 0.2) is 48.5 Å². The monoisotopic (exact) mass is 370 g/mol. The van der Waals surface area contributed by atoms with Gasteiger partial charge in [-0.25, -0.2) is 9.77 Å². The van der Waals surface area contributed by atoms with Gasteiger partial charge in [-0.2, -0.15) is 5.10 Å². The summed E-state index contributed by atoms with van der Waals surface area (Å²) in [6.07, 6.45) is 0.952. The number of ether oxygens (including phenoxy) is 2. The molecule has 0 fully saturated rings. The van der Waals surface area contributed by atoms with E-state index in [4.69, 9.17) is 21.7 Å². The summed E-state index contributed by atoms with van der Waals surface area (Å²) in [6, 6.07) is 15.8. The summed E-state index contributed by atoms with van der Waals surface area (Å²) >= 11 is 5.34. The molecule has 0 aliphatic carbocycles. The van der Waals surface area contributed by atoms with Crippen LogP contribution in [-0.4, -0.2) is 28.6 Å². The van der Waals surface area contributed by atoms with Gasteiger partial charge in [-0.3, -0.25) is 0 Å². The summed E-state index contributed by atoms with van der Waals surface area (Å²) in [7, 11) is 1.64. The maximum atomic E-state index is 5.70. The van der Waals surface area contributed by atoms with Crippen LogP contribution in [0.1, 0.15) is 18.9 Å². The smallest absolute Gasteiger partial charge is 0.214 e. The number of nitrogens with zero attached hydrogens (tertiary/aromatic N) is 2. The minimum atomic E-state index is 0.513. The molecule has 0 aliphatic heterocycles. The van der Waals surface area contributed by atoms with Crippen molar-refractivity contribution < 1.29 is 9.47 Å². The molecule has 0 saturated carbocycles. The molecular weight excluding hydrogens is 348 g/mol. The first-order valence-corrected chi connectivity index (χ1v) is 8.90. The SMILES string of the molecule is CCCOc1ccc(CNn2c(-c3ccccc3)n[nH]c2=S)cc1OC. The first-order valence-electron chi connectivity index (χ1n) is 8.49. The fraction of sp³-hybridized carbons (Fsp3) is 0.263. The van der Waals surface area contributed by atoms with Crippen LogP contribution in [0, 0.1) is 4.77 Å². The third-order valence-electron chi connectivity index (χ3n) is 3.84. The highest BCUT2D eigenvalue weighted by molar-refractivity contribution is 7.71. The van der Waals surface area contributed by atoms with Gasteiger partial charge in [0.2, 0.25) is 4.77 Å². The number of aromatic amines is 1. The van der Waals surface area contributed by atoms with Crippen molar-refractivity contribution in [2.24, 2.45) is 0 Å². The highest BCUT2D eigenvalue weighted by Crippen LogP contribution is 2.28. The lowest BCUT2D eigenvalue weighted by Crippen LogP contribution is -2.16. The van der Waals surface area contributed by atoms with E-state index in [2.05, 4.69) is 22.5 Å². The molecule has 7 heteroatoms. The second-order valence-electron chi connectivity index (χ2n) is 5.72. The zero-order valence-electron chi connectivity index (χ0n) is 14.9. The minimum Gasteiger partial charge on any atom is -0.493 e. The number of hydrogen-bond donors (Lipinski definition) is 2. The number of aromatic nitrogens is 3. The fourth-order valence-electron chi connectivity index (χ4n) is 2.55. The van der Waals surface area contributed by atoms with Gasteiger partial charge in [0.05, 0.1) is 20.3 Å². The Morgan fingerprint density at radius 2 is 1.96 bits per heavy atom. The van der Waals surface area contributed by atoms with Crippen molar-refractivity contribution in [1.29, 1.82) is 0 Å². The molecule has 0 bridgehead atoms. The quantitative estimate of drug-likeness (QED) is 0.583. The zero-order valence-corrected chi connectivity index (χ0v) is 15.7. The van der Waals surface area contributed by atoms with Crippen LogP contribution in [-0.2, 0) is 6.54 Å². The van der Waals surface area contributed by atoms with Crippen molar-refractivity contribution in [3.05, 3.63) is 58.9 Å². The van der Waals surface area contributed by atoms with Crippen LogP contribution in [0.4, 0.5) is 0 Å². The summed E-state index contributed by atoms with van der Waals surface area (Å²) in [6.45, 7) is 3.31. The third kappa shape index (κ3) is 4.05. The van der Waals surface area contributed by atoms with Crippen molar-refractivity contribution in [2.75, 3.05) is 19.1 Å². The van der Waals surface area contributed by atoms with Gasteiger partial charge in [0.15, 0.2) is 17.3 Å². The van der Waals surface area contributed by atoms with Gasteiger partial charge in [-0.05, 0) is 36.3 Å². The Hall–Kier alpha value is -2.80. The molecule has 26 heavy (non-hydrogen) atoms. The average molecular weight is 370 g/mol. The fourth-order valence-corrected chi connectivity index (χ4v) is 2.74. The van der Waals surface area contributed by atoms with E-state index < -0.39 is 0 Å². The van der Waals surface area contributed by atoms with Crippen LogP contribution in [0.3, 0.4) is 0 Å². The van der Waals surface area contributed by atoms with E-state index in [0.29, 0.717) is 17.9 Å². The molecule has 1 heterocycles. The molecule has 0 saturated heterocycles. The molecular formula is C19H22N4O2S. The average Bonchev–Trinajstić information content (AvgIpc) is 3.06. The van der Waals surface area contributed by atoms with Gasteiger partial charge in [-0.1, -0.05) is 43.3 Å². The van der Waals surface area contributed by atoms with Gasteiger partial charge in [0.1, 0.15) is 0 Å². The standard InChI is InChI=1S/C19H22N4O2S/c1-3-11-25-16-10-9-14(12-17(16)24-2)13-20-23-18(21-22-19(23)26)15-7-5-4-6-8-15/h4-10,12,20H,3,11,13H2,1-2H3,(H,22,26). The highest BCUT2D eigenvalue weighted by Gasteiger charge is 2.09. The number of benzene rings is 2. The lowest BCUT2D eigenvalue weighted by molar-refractivity contribution is 0.294. The zero-order chi connectivity index (χ0) is 18.4. The summed E-state index contributed by atoms with van der Waals surface area (Å²) in [5, 5.41) is 7.15. The normalized spacial score (nSPS) is 10.5. The Morgan fingerprint density at radius 1 is 1.15 bits per heavy atom. The number of rotatable bonds is 8. The van der Waals surface area contributed by atoms with E-state index in [0.717, 1.165) is 34.9 Å². The van der Waals surface area contributed by atoms with Crippen LogP contribution < -0.4 is 14.9 Å². The van der Waals surface area contributed by atoms with E-state index in [9.17, 15) is 0 Å². The molecule has 136 valence electrons. The van der Waals surface area contributed by atoms with Crippen molar-refractivity contribution in [2.45, 2.75) is 19.9 Å². The number of H-pyrrole nitrogens is 1. The molecule has 0 aliphatic rings. The van der Waals surface area contributed by atoms with Crippen LogP contribution in [0.5, 0.6) is 11.5 Å². The molecule has 2 N–H and O–H groups in total. The van der Waals surface area contributed by atoms with Crippen LogP contribution in [0.25, 0.3) is 11.4 Å². The molecule has 0 unspecified atom stereocenters. The molecule has 0 amide bonds. The maximum absolute atomic E-state index is 5.70. The second kappa shape index (κ2) is 8.53. The van der Waals surface area contributed by atoms with Crippen molar-refractivity contribution >= 4 is 12.2 Å². The van der Waals surface area contributed by atoms with Gasteiger partial charge < -0.3 is 14.9 Å². The Kier molecular flexibility index (Phi) is 5.91. The van der Waals surface area contributed by atoms with E-state index in [-0.39, 0.29) is 0 Å². The van der Waals surface area contributed by atoms with E-state index in [1.165, 1.54) is 0 Å². The Labute approximate surface area is 157 Å². The van der Waals surface area contributed by atoms with Gasteiger partial charge >= 0.3 is 0 Å². The maximum Gasteiger partial charge on any atom is 0.214 e. The number of nitrogens with one attached hydrogen (secondary N) is 2. The highest BCUT2D eigenvalue weighted by atomic mass is 32.1. The lowest BCUT2D eigenvalue weighted by Gasteiger charge is -2.13. The first kappa shape index (κ1) is 18.0. The van der Waals surface area contributed by atoms with Crippen LogP contribution >= 0.6 is 12.2 Å². The predicted molar refractivity (Wildman–Crippen MR) is 105 cm³/mol. The Morgan fingerprint density at radius 3 is 2.69 bits per heavy atom. The molecule has 0 radical (unpaired) electrons. The molecule has 2 aromatic carbocycles. The van der Waals surface area contributed by atoms with Crippen molar-refractivity contribution in [1.82, 2.24) is 14.9 Å².